The lowest BCUT2D eigenvalue weighted by Crippen LogP contribution is -2.31. The fourth-order valence-corrected chi connectivity index (χ4v) is 2.45. The highest BCUT2D eigenvalue weighted by atomic mass is 16.5. The summed E-state index contributed by atoms with van der Waals surface area (Å²) in [5.41, 5.74) is 0. The van der Waals surface area contributed by atoms with Crippen LogP contribution in [0.3, 0.4) is 0 Å². The van der Waals surface area contributed by atoms with Crippen molar-refractivity contribution < 1.29 is 14.6 Å². The molecule has 3 heteroatoms. The third-order valence-corrected chi connectivity index (χ3v) is 3.39. The van der Waals surface area contributed by atoms with Crippen molar-refractivity contribution in [3.8, 4) is 0 Å². The van der Waals surface area contributed by atoms with Gasteiger partial charge in [-0.1, -0.05) is 0 Å². The molecule has 88 valence electrons. The van der Waals surface area contributed by atoms with E-state index in [9.17, 15) is 5.11 Å². The first-order valence-electron chi connectivity index (χ1n) is 6.26. The van der Waals surface area contributed by atoms with Gasteiger partial charge in [0, 0.05) is 6.61 Å². The van der Waals surface area contributed by atoms with Gasteiger partial charge in [0.2, 0.25) is 0 Å². The molecule has 0 spiro atoms. The standard InChI is InChI=1S/C12H22O3/c13-10-4-3-6-11(8-10)15-9-12-5-1-2-7-14-12/h10-13H,1-9H2. The molecular weight excluding hydrogens is 192 g/mol. The summed E-state index contributed by atoms with van der Waals surface area (Å²) >= 11 is 0. The molecule has 2 aliphatic rings. The van der Waals surface area contributed by atoms with Gasteiger partial charge in [0.25, 0.3) is 0 Å². The van der Waals surface area contributed by atoms with Crippen molar-refractivity contribution >= 4 is 0 Å². The molecule has 15 heavy (non-hydrogen) atoms. The van der Waals surface area contributed by atoms with E-state index in [4.69, 9.17) is 9.47 Å². The summed E-state index contributed by atoms with van der Waals surface area (Å²) in [5, 5.41) is 9.51. The van der Waals surface area contributed by atoms with E-state index in [1.807, 2.05) is 0 Å². The molecule has 1 aliphatic heterocycles. The fourth-order valence-electron chi connectivity index (χ4n) is 2.45. The first-order chi connectivity index (χ1) is 7.34. The van der Waals surface area contributed by atoms with E-state index in [2.05, 4.69) is 0 Å². The Morgan fingerprint density at radius 2 is 2.07 bits per heavy atom. The molecule has 2 fully saturated rings. The smallest absolute Gasteiger partial charge is 0.0808 e. The minimum absolute atomic E-state index is 0.143. The SMILES string of the molecule is OC1CCCC(OCC2CCCCO2)C1. The topological polar surface area (TPSA) is 38.7 Å². The maximum atomic E-state index is 9.51. The Morgan fingerprint density at radius 1 is 1.13 bits per heavy atom. The average Bonchev–Trinajstić information content (AvgIpc) is 2.28. The van der Waals surface area contributed by atoms with Gasteiger partial charge in [-0.25, -0.2) is 0 Å². The molecule has 1 aliphatic carbocycles. The van der Waals surface area contributed by atoms with Gasteiger partial charge in [0.05, 0.1) is 24.9 Å². The van der Waals surface area contributed by atoms with Crippen molar-refractivity contribution in [1.82, 2.24) is 0 Å². The molecule has 0 aromatic heterocycles. The highest BCUT2D eigenvalue weighted by Gasteiger charge is 2.22. The molecule has 0 radical (unpaired) electrons. The molecule has 0 bridgehead atoms. The summed E-state index contributed by atoms with van der Waals surface area (Å²) in [4.78, 5) is 0. The van der Waals surface area contributed by atoms with E-state index < -0.39 is 0 Å². The number of aliphatic hydroxyl groups excluding tert-OH is 1. The summed E-state index contributed by atoms with van der Waals surface area (Å²) in [7, 11) is 0. The van der Waals surface area contributed by atoms with Crippen LogP contribution in [-0.4, -0.2) is 36.6 Å². The number of rotatable bonds is 3. The van der Waals surface area contributed by atoms with Gasteiger partial charge < -0.3 is 14.6 Å². The summed E-state index contributed by atoms with van der Waals surface area (Å²) in [6.45, 7) is 1.61. The van der Waals surface area contributed by atoms with Crippen LogP contribution in [0.1, 0.15) is 44.9 Å². The predicted molar refractivity (Wildman–Crippen MR) is 57.8 cm³/mol. The molecule has 3 atom stereocenters. The molecule has 1 heterocycles. The second-order valence-corrected chi connectivity index (χ2v) is 4.76. The van der Waals surface area contributed by atoms with E-state index in [0.717, 1.165) is 45.3 Å². The maximum absolute atomic E-state index is 9.51. The van der Waals surface area contributed by atoms with E-state index in [1.165, 1.54) is 12.8 Å². The lowest BCUT2D eigenvalue weighted by molar-refractivity contribution is -0.0814. The number of aliphatic hydroxyl groups is 1. The molecule has 1 saturated heterocycles. The normalized spacial score (nSPS) is 37.8. The van der Waals surface area contributed by atoms with E-state index in [0.29, 0.717) is 6.10 Å². The quantitative estimate of drug-likeness (QED) is 0.779. The van der Waals surface area contributed by atoms with Crippen LogP contribution in [0, 0.1) is 0 Å². The molecule has 1 N–H and O–H groups in total. The van der Waals surface area contributed by atoms with Crippen molar-refractivity contribution in [2.24, 2.45) is 0 Å². The van der Waals surface area contributed by atoms with Crippen LogP contribution in [0.4, 0.5) is 0 Å². The lowest BCUT2D eigenvalue weighted by atomic mass is 9.95. The van der Waals surface area contributed by atoms with Crippen LogP contribution in [0.2, 0.25) is 0 Å². The van der Waals surface area contributed by atoms with Crippen LogP contribution < -0.4 is 0 Å². The third-order valence-electron chi connectivity index (χ3n) is 3.39. The third kappa shape index (κ3) is 3.74. The summed E-state index contributed by atoms with van der Waals surface area (Å²) in [5.74, 6) is 0. The molecule has 0 amide bonds. The van der Waals surface area contributed by atoms with Gasteiger partial charge >= 0.3 is 0 Å². The molecule has 3 unspecified atom stereocenters. The van der Waals surface area contributed by atoms with Crippen molar-refractivity contribution in [3.63, 3.8) is 0 Å². The van der Waals surface area contributed by atoms with E-state index in [-0.39, 0.29) is 12.2 Å². The molecule has 0 aromatic rings. The number of ether oxygens (including phenoxy) is 2. The Hall–Kier alpha value is -0.120. The molecule has 1 saturated carbocycles. The van der Waals surface area contributed by atoms with Gasteiger partial charge in [-0.15, -0.1) is 0 Å². The first-order valence-corrected chi connectivity index (χ1v) is 6.26. The van der Waals surface area contributed by atoms with Gasteiger partial charge in [0.15, 0.2) is 0 Å². The molecule has 0 aromatic carbocycles. The average molecular weight is 214 g/mol. The Morgan fingerprint density at radius 3 is 2.80 bits per heavy atom. The lowest BCUT2D eigenvalue weighted by Gasteiger charge is -2.29. The Bertz CT molecular complexity index is 178. The number of hydrogen-bond acceptors (Lipinski definition) is 3. The second-order valence-electron chi connectivity index (χ2n) is 4.76. The van der Waals surface area contributed by atoms with Crippen LogP contribution in [0.5, 0.6) is 0 Å². The number of hydrogen-bond donors (Lipinski definition) is 1. The van der Waals surface area contributed by atoms with Gasteiger partial charge in [-0.2, -0.15) is 0 Å². The first kappa shape index (κ1) is 11.4. The van der Waals surface area contributed by atoms with Crippen LogP contribution >= 0.6 is 0 Å². The van der Waals surface area contributed by atoms with Gasteiger partial charge in [-0.3, -0.25) is 0 Å². The molecule has 3 nitrogen and oxygen atoms in total. The highest BCUT2D eigenvalue weighted by molar-refractivity contribution is 4.73. The predicted octanol–water partition coefficient (Wildman–Crippen LogP) is 1.88. The van der Waals surface area contributed by atoms with Crippen LogP contribution in [0.15, 0.2) is 0 Å². The summed E-state index contributed by atoms with van der Waals surface area (Å²) in [6.07, 6.45) is 7.97. The van der Waals surface area contributed by atoms with Crippen molar-refractivity contribution in [3.05, 3.63) is 0 Å². The minimum Gasteiger partial charge on any atom is -0.393 e. The largest absolute Gasteiger partial charge is 0.393 e. The van der Waals surface area contributed by atoms with Crippen LogP contribution in [-0.2, 0) is 9.47 Å². The van der Waals surface area contributed by atoms with Crippen LogP contribution in [0.25, 0.3) is 0 Å². The maximum Gasteiger partial charge on any atom is 0.0808 e. The van der Waals surface area contributed by atoms with E-state index >= 15 is 0 Å². The van der Waals surface area contributed by atoms with Gasteiger partial charge in [0.1, 0.15) is 0 Å². The monoisotopic (exact) mass is 214 g/mol. The fraction of sp³-hybridized carbons (Fsp3) is 1.00. The summed E-state index contributed by atoms with van der Waals surface area (Å²) < 4.78 is 11.4. The second kappa shape index (κ2) is 5.83. The highest BCUT2D eigenvalue weighted by Crippen LogP contribution is 2.22. The van der Waals surface area contributed by atoms with E-state index in [1.54, 1.807) is 0 Å². The van der Waals surface area contributed by atoms with Crippen molar-refractivity contribution in [2.45, 2.75) is 63.3 Å². The zero-order valence-corrected chi connectivity index (χ0v) is 9.36. The van der Waals surface area contributed by atoms with Crippen molar-refractivity contribution in [2.75, 3.05) is 13.2 Å². The summed E-state index contributed by atoms with van der Waals surface area (Å²) in [6, 6.07) is 0. The zero-order valence-electron chi connectivity index (χ0n) is 9.36. The minimum atomic E-state index is -0.143. The molecule has 2 rings (SSSR count). The van der Waals surface area contributed by atoms with Gasteiger partial charge in [-0.05, 0) is 44.9 Å². The Labute approximate surface area is 91.8 Å². The molecular formula is C12H22O3. The zero-order chi connectivity index (χ0) is 10.5. The Kier molecular flexibility index (Phi) is 4.42. The Balaban J connectivity index is 1.63. The van der Waals surface area contributed by atoms with Crippen molar-refractivity contribution in [1.29, 1.82) is 0 Å².